The summed E-state index contributed by atoms with van der Waals surface area (Å²) in [4.78, 5) is 12.8. The molecule has 0 saturated carbocycles. The molecule has 1 amide bonds. The Hall–Kier alpha value is -1.22. The van der Waals surface area contributed by atoms with E-state index in [1.54, 1.807) is 17.8 Å². The largest absolute Gasteiger partial charge is 0.349 e. The molecule has 0 unspecified atom stereocenters. The van der Waals surface area contributed by atoms with E-state index in [2.05, 4.69) is 25.7 Å². The Morgan fingerprint density at radius 1 is 1.44 bits per heavy atom. The van der Waals surface area contributed by atoms with Gasteiger partial charge in [-0.05, 0) is 24.3 Å². The van der Waals surface area contributed by atoms with Crippen LogP contribution >= 0.6 is 11.8 Å². The van der Waals surface area contributed by atoms with E-state index in [0.717, 1.165) is 0 Å². The first-order valence-electron chi connectivity index (χ1n) is 5.29. The lowest BCUT2D eigenvalue weighted by Gasteiger charge is -2.06. The first-order chi connectivity index (χ1) is 7.63. The van der Waals surface area contributed by atoms with Crippen LogP contribution in [0.3, 0.4) is 0 Å². The smallest absolute Gasteiger partial charge is 0.251 e. The molecule has 0 spiro atoms. The van der Waals surface area contributed by atoms with Crippen LogP contribution in [0.15, 0.2) is 41.8 Å². The number of amides is 1. The van der Waals surface area contributed by atoms with Gasteiger partial charge < -0.3 is 5.32 Å². The SMILES string of the molecule is C=CCNC(=O)c1ccc(SC(C)C)cc1. The number of rotatable bonds is 5. The first-order valence-corrected chi connectivity index (χ1v) is 6.17. The lowest BCUT2D eigenvalue weighted by Crippen LogP contribution is -2.22. The van der Waals surface area contributed by atoms with Crippen LogP contribution in [0.25, 0.3) is 0 Å². The van der Waals surface area contributed by atoms with E-state index in [4.69, 9.17) is 0 Å². The number of hydrogen-bond acceptors (Lipinski definition) is 2. The Labute approximate surface area is 101 Å². The van der Waals surface area contributed by atoms with Crippen molar-refractivity contribution in [2.24, 2.45) is 0 Å². The van der Waals surface area contributed by atoms with Crippen LogP contribution < -0.4 is 5.32 Å². The average Bonchev–Trinajstić information content (AvgIpc) is 2.26. The molecule has 1 rings (SSSR count). The molecule has 1 aromatic rings. The van der Waals surface area contributed by atoms with E-state index in [9.17, 15) is 4.79 Å². The van der Waals surface area contributed by atoms with Crippen molar-refractivity contribution in [2.75, 3.05) is 6.54 Å². The van der Waals surface area contributed by atoms with Crippen LogP contribution in [-0.2, 0) is 0 Å². The van der Waals surface area contributed by atoms with Crippen molar-refractivity contribution in [3.63, 3.8) is 0 Å². The summed E-state index contributed by atoms with van der Waals surface area (Å²) < 4.78 is 0. The Morgan fingerprint density at radius 2 is 2.06 bits per heavy atom. The van der Waals surface area contributed by atoms with Crippen LogP contribution in [0, 0.1) is 0 Å². The summed E-state index contributed by atoms with van der Waals surface area (Å²) in [7, 11) is 0. The predicted molar refractivity (Wildman–Crippen MR) is 70.0 cm³/mol. The van der Waals surface area contributed by atoms with E-state index in [-0.39, 0.29) is 5.91 Å². The molecule has 86 valence electrons. The summed E-state index contributed by atoms with van der Waals surface area (Å²) in [6.45, 7) is 8.35. The van der Waals surface area contributed by atoms with Crippen molar-refractivity contribution >= 4 is 17.7 Å². The van der Waals surface area contributed by atoms with Crippen LogP contribution in [0.4, 0.5) is 0 Å². The maximum Gasteiger partial charge on any atom is 0.251 e. The standard InChI is InChI=1S/C13H17NOS/c1-4-9-14-13(15)11-5-7-12(8-6-11)16-10(2)3/h4-8,10H,1,9H2,2-3H3,(H,14,15). The zero-order valence-electron chi connectivity index (χ0n) is 9.69. The van der Waals surface area contributed by atoms with Gasteiger partial charge in [-0.25, -0.2) is 0 Å². The second kappa shape index (κ2) is 6.38. The van der Waals surface area contributed by atoms with Gasteiger partial charge >= 0.3 is 0 Å². The minimum atomic E-state index is -0.0546. The van der Waals surface area contributed by atoms with Gasteiger partial charge in [0.15, 0.2) is 0 Å². The van der Waals surface area contributed by atoms with Gasteiger partial charge in [-0.1, -0.05) is 19.9 Å². The zero-order valence-corrected chi connectivity index (χ0v) is 10.5. The maximum absolute atomic E-state index is 11.6. The van der Waals surface area contributed by atoms with Crippen LogP contribution in [0.1, 0.15) is 24.2 Å². The lowest BCUT2D eigenvalue weighted by molar-refractivity contribution is 0.0958. The van der Waals surface area contributed by atoms with E-state index >= 15 is 0 Å². The molecule has 3 heteroatoms. The number of nitrogens with one attached hydrogen (secondary N) is 1. The molecule has 0 aliphatic rings. The van der Waals surface area contributed by atoms with Crippen molar-refractivity contribution < 1.29 is 4.79 Å². The second-order valence-corrected chi connectivity index (χ2v) is 5.34. The molecule has 2 nitrogen and oxygen atoms in total. The normalized spacial score (nSPS) is 10.2. The Bertz CT molecular complexity index is 357. The Balaban J connectivity index is 2.63. The molecule has 0 atom stereocenters. The van der Waals surface area contributed by atoms with E-state index in [1.807, 2.05) is 24.3 Å². The molecule has 0 fully saturated rings. The molecule has 0 saturated heterocycles. The fourth-order valence-corrected chi connectivity index (χ4v) is 2.06. The van der Waals surface area contributed by atoms with Crippen molar-refractivity contribution in [3.8, 4) is 0 Å². The van der Waals surface area contributed by atoms with E-state index < -0.39 is 0 Å². The molecule has 0 heterocycles. The lowest BCUT2D eigenvalue weighted by atomic mass is 10.2. The van der Waals surface area contributed by atoms with Crippen LogP contribution in [-0.4, -0.2) is 17.7 Å². The molecule has 0 aliphatic heterocycles. The number of carbonyl (C=O) groups is 1. The molecule has 0 bridgehead atoms. The third kappa shape index (κ3) is 4.11. The predicted octanol–water partition coefficient (Wildman–Crippen LogP) is 3.10. The number of carbonyl (C=O) groups excluding carboxylic acids is 1. The highest BCUT2D eigenvalue weighted by Crippen LogP contribution is 2.22. The Kier molecular flexibility index (Phi) is 5.12. The highest BCUT2D eigenvalue weighted by atomic mass is 32.2. The monoisotopic (exact) mass is 235 g/mol. The van der Waals surface area contributed by atoms with Crippen molar-refractivity contribution in [1.82, 2.24) is 5.32 Å². The summed E-state index contributed by atoms with van der Waals surface area (Å²) >= 11 is 1.79. The van der Waals surface area contributed by atoms with Gasteiger partial charge in [-0.2, -0.15) is 0 Å². The number of thioether (sulfide) groups is 1. The van der Waals surface area contributed by atoms with Gasteiger partial charge in [0.1, 0.15) is 0 Å². The maximum atomic E-state index is 11.6. The van der Waals surface area contributed by atoms with Crippen molar-refractivity contribution in [1.29, 1.82) is 0 Å². The molecule has 1 aromatic carbocycles. The van der Waals surface area contributed by atoms with Gasteiger partial charge in [-0.15, -0.1) is 18.3 Å². The fraction of sp³-hybridized carbons (Fsp3) is 0.308. The molecule has 1 N–H and O–H groups in total. The molecular weight excluding hydrogens is 218 g/mol. The highest BCUT2D eigenvalue weighted by molar-refractivity contribution is 7.99. The second-order valence-electron chi connectivity index (χ2n) is 3.69. The van der Waals surface area contributed by atoms with Gasteiger partial charge in [0.2, 0.25) is 0 Å². The summed E-state index contributed by atoms with van der Waals surface area (Å²) in [6, 6.07) is 7.66. The highest BCUT2D eigenvalue weighted by Gasteiger charge is 2.04. The van der Waals surface area contributed by atoms with Crippen molar-refractivity contribution in [2.45, 2.75) is 24.0 Å². The summed E-state index contributed by atoms with van der Waals surface area (Å²) in [5, 5.41) is 3.30. The quantitative estimate of drug-likeness (QED) is 0.627. The molecule has 0 aromatic heterocycles. The summed E-state index contributed by atoms with van der Waals surface area (Å²) in [5.74, 6) is -0.0546. The molecule has 0 aliphatic carbocycles. The third-order valence-electron chi connectivity index (χ3n) is 1.90. The number of hydrogen-bond donors (Lipinski definition) is 1. The third-order valence-corrected chi connectivity index (χ3v) is 2.91. The van der Waals surface area contributed by atoms with Crippen molar-refractivity contribution in [3.05, 3.63) is 42.5 Å². The van der Waals surface area contributed by atoms with Gasteiger partial charge in [0, 0.05) is 22.3 Å². The van der Waals surface area contributed by atoms with Gasteiger partial charge in [-0.3, -0.25) is 4.79 Å². The van der Waals surface area contributed by atoms with Gasteiger partial charge in [0.25, 0.3) is 5.91 Å². The van der Waals surface area contributed by atoms with E-state index in [0.29, 0.717) is 17.4 Å². The summed E-state index contributed by atoms with van der Waals surface area (Å²) in [6.07, 6.45) is 1.67. The van der Waals surface area contributed by atoms with E-state index in [1.165, 1.54) is 4.90 Å². The van der Waals surface area contributed by atoms with Gasteiger partial charge in [0.05, 0.1) is 0 Å². The molecule has 16 heavy (non-hydrogen) atoms. The topological polar surface area (TPSA) is 29.1 Å². The minimum absolute atomic E-state index is 0.0546. The Morgan fingerprint density at radius 3 is 2.56 bits per heavy atom. The molecule has 0 radical (unpaired) electrons. The average molecular weight is 235 g/mol. The summed E-state index contributed by atoms with van der Waals surface area (Å²) in [5.41, 5.74) is 0.690. The molecular formula is C13H17NOS. The minimum Gasteiger partial charge on any atom is -0.349 e. The van der Waals surface area contributed by atoms with Crippen LogP contribution in [0.5, 0.6) is 0 Å². The first kappa shape index (κ1) is 12.8. The zero-order chi connectivity index (χ0) is 12.0. The number of benzene rings is 1. The van der Waals surface area contributed by atoms with Crippen LogP contribution in [0.2, 0.25) is 0 Å². The fourth-order valence-electron chi connectivity index (χ4n) is 1.22.